The van der Waals surface area contributed by atoms with Crippen molar-refractivity contribution >= 4 is 5.91 Å². The molecule has 116 valence electrons. The van der Waals surface area contributed by atoms with Gasteiger partial charge in [-0.15, -0.1) is 0 Å². The van der Waals surface area contributed by atoms with E-state index in [1.165, 1.54) is 32.1 Å². The van der Waals surface area contributed by atoms with Gasteiger partial charge in [-0.2, -0.15) is 0 Å². The molecule has 2 fully saturated rings. The Balaban J connectivity index is 1.87. The Kier molecular flexibility index (Phi) is 6.30. The fraction of sp³-hybridized carbons (Fsp3) is 0.938. The fourth-order valence-electron chi connectivity index (χ4n) is 3.61. The predicted octanol–water partition coefficient (Wildman–Crippen LogP) is 2.01. The lowest BCUT2D eigenvalue weighted by atomic mass is 9.94. The summed E-state index contributed by atoms with van der Waals surface area (Å²) in [4.78, 5) is 16.7. The summed E-state index contributed by atoms with van der Waals surface area (Å²) < 4.78 is 0. The quantitative estimate of drug-likeness (QED) is 0.858. The highest BCUT2D eigenvalue weighted by atomic mass is 16.3. The molecule has 1 heterocycles. The minimum absolute atomic E-state index is 0.181. The third-order valence-electron chi connectivity index (χ3n) is 5.06. The normalized spacial score (nSPS) is 26.2. The lowest BCUT2D eigenvalue weighted by molar-refractivity contribution is -0.134. The van der Waals surface area contributed by atoms with Crippen LogP contribution in [0, 0.1) is 0 Å². The number of carbonyl (C=O) groups excluding carboxylic acids is 1. The standard InChI is InChI=1S/C16H30N2O2/c1-17(14-8-4-2-5-9-14)16(20)12-18-11-7-3-6-10-15(18)13-19/h14-15,19H,2-13H2,1H3. The molecule has 0 radical (unpaired) electrons. The van der Waals surface area contributed by atoms with Gasteiger partial charge >= 0.3 is 0 Å². The van der Waals surface area contributed by atoms with Crippen molar-refractivity contribution < 1.29 is 9.90 Å². The first-order valence-electron chi connectivity index (χ1n) is 8.33. The van der Waals surface area contributed by atoms with Gasteiger partial charge in [0.1, 0.15) is 0 Å². The summed E-state index contributed by atoms with van der Waals surface area (Å²) in [5, 5.41) is 9.52. The molecule has 1 saturated heterocycles. The molecule has 20 heavy (non-hydrogen) atoms. The molecule has 1 aliphatic carbocycles. The first-order valence-corrected chi connectivity index (χ1v) is 8.33. The largest absolute Gasteiger partial charge is 0.395 e. The van der Waals surface area contributed by atoms with Crippen LogP contribution in [-0.4, -0.2) is 59.6 Å². The fourth-order valence-corrected chi connectivity index (χ4v) is 3.61. The zero-order valence-corrected chi connectivity index (χ0v) is 12.9. The van der Waals surface area contributed by atoms with Gasteiger partial charge in [0.05, 0.1) is 13.2 Å². The maximum absolute atomic E-state index is 12.5. The first kappa shape index (κ1) is 15.8. The van der Waals surface area contributed by atoms with Crippen molar-refractivity contribution in [1.82, 2.24) is 9.80 Å². The van der Waals surface area contributed by atoms with E-state index < -0.39 is 0 Å². The van der Waals surface area contributed by atoms with Crippen molar-refractivity contribution in [2.45, 2.75) is 69.9 Å². The van der Waals surface area contributed by atoms with Gasteiger partial charge in [0.15, 0.2) is 0 Å². The molecule has 0 aromatic heterocycles. The number of rotatable bonds is 4. The Morgan fingerprint density at radius 3 is 2.45 bits per heavy atom. The average Bonchev–Trinajstić information content (AvgIpc) is 2.72. The number of nitrogens with zero attached hydrogens (tertiary/aromatic N) is 2. The van der Waals surface area contributed by atoms with Crippen molar-refractivity contribution in [3.63, 3.8) is 0 Å². The number of carbonyl (C=O) groups is 1. The lowest BCUT2D eigenvalue weighted by Gasteiger charge is -2.34. The molecular formula is C16H30N2O2. The van der Waals surface area contributed by atoms with Gasteiger partial charge in [-0.05, 0) is 32.2 Å². The maximum atomic E-state index is 12.5. The molecule has 1 atom stereocenters. The zero-order valence-electron chi connectivity index (χ0n) is 12.9. The summed E-state index contributed by atoms with van der Waals surface area (Å²) in [7, 11) is 1.96. The second kappa shape index (κ2) is 7.99. The molecule has 1 saturated carbocycles. The van der Waals surface area contributed by atoms with Crippen molar-refractivity contribution in [3.05, 3.63) is 0 Å². The van der Waals surface area contributed by atoms with E-state index in [0.717, 1.165) is 32.2 Å². The molecule has 2 aliphatic rings. The third-order valence-corrected chi connectivity index (χ3v) is 5.06. The topological polar surface area (TPSA) is 43.8 Å². The van der Waals surface area contributed by atoms with E-state index in [0.29, 0.717) is 12.6 Å². The van der Waals surface area contributed by atoms with Crippen LogP contribution < -0.4 is 0 Å². The summed E-state index contributed by atoms with van der Waals surface area (Å²) >= 11 is 0. The van der Waals surface area contributed by atoms with Gasteiger partial charge in [-0.1, -0.05) is 32.1 Å². The van der Waals surface area contributed by atoms with Gasteiger partial charge < -0.3 is 10.0 Å². The number of amides is 1. The van der Waals surface area contributed by atoms with Gasteiger partial charge in [-0.25, -0.2) is 0 Å². The molecule has 1 unspecified atom stereocenters. The molecule has 1 N–H and O–H groups in total. The van der Waals surface area contributed by atoms with Crippen LogP contribution in [0.1, 0.15) is 57.8 Å². The second-order valence-corrected chi connectivity index (χ2v) is 6.45. The molecule has 0 spiro atoms. The minimum Gasteiger partial charge on any atom is -0.395 e. The highest BCUT2D eigenvalue weighted by Gasteiger charge is 2.26. The number of aliphatic hydroxyl groups is 1. The molecule has 0 aromatic carbocycles. The minimum atomic E-state index is 0.181. The van der Waals surface area contributed by atoms with Crippen LogP contribution in [-0.2, 0) is 4.79 Å². The molecule has 4 nitrogen and oxygen atoms in total. The number of likely N-dealkylation sites (N-methyl/N-ethyl adjacent to an activating group) is 1. The zero-order chi connectivity index (χ0) is 14.4. The molecule has 2 rings (SSSR count). The Labute approximate surface area is 123 Å². The van der Waals surface area contributed by atoms with E-state index in [-0.39, 0.29) is 18.6 Å². The maximum Gasteiger partial charge on any atom is 0.236 e. The van der Waals surface area contributed by atoms with E-state index >= 15 is 0 Å². The summed E-state index contributed by atoms with van der Waals surface area (Å²) in [6.45, 7) is 1.62. The Bertz CT molecular complexity index is 303. The number of hydrogen-bond acceptors (Lipinski definition) is 3. The first-order chi connectivity index (χ1) is 9.72. The second-order valence-electron chi connectivity index (χ2n) is 6.45. The summed E-state index contributed by atoms with van der Waals surface area (Å²) in [5.74, 6) is 0.234. The molecule has 0 bridgehead atoms. The van der Waals surface area contributed by atoms with Crippen molar-refractivity contribution in [3.8, 4) is 0 Å². The van der Waals surface area contributed by atoms with Crippen LogP contribution in [0.5, 0.6) is 0 Å². The lowest BCUT2D eigenvalue weighted by Crippen LogP contribution is -2.47. The average molecular weight is 282 g/mol. The summed E-state index contributed by atoms with van der Waals surface area (Å²) in [6, 6.07) is 0.622. The van der Waals surface area contributed by atoms with Crippen LogP contribution in [0.25, 0.3) is 0 Å². The van der Waals surface area contributed by atoms with Crippen LogP contribution >= 0.6 is 0 Å². The monoisotopic (exact) mass is 282 g/mol. The Morgan fingerprint density at radius 2 is 1.75 bits per heavy atom. The van der Waals surface area contributed by atoms with E-state index in [9.17, 15) is 9.90 Å². The summed E-state index contributed by atoms with van der Waals surface area (Å²) in [6.07, 6.45) is 10.7. The molecular weight excluding hydrogens is 252 g/mol. The van der Waals surface area contributed by atoms with Crippen LogP contribution in [0.4, 0.5) is 0 Å². The number of hydrogen-bond donors (Lipinski definition) is 1. The number of aliphatic hydroxyl groups excluding tert-OH is 1. The SMILES string of the molecule is CN(C(=O)CN1CCCCCC1CO)C1CCCCC1. The predicted molar refractivity (Wildman–Crippen MR) is 80.6 cm³/mol. The molecule has 1 aliphatic heterocycles. The van der Waals surface area contributed by atoms with Crippen molar-refractivity contribution in [2.24, 2.45) is 0 Å². The van der Waals surface area contributed by atoms with Crippen LogP contribution in [0.3, 0.4) is 0 Å². The third kappa shape index (κ3) is 4.19. The molecule has 0 aromatic rings. The van der Waals surface area contributed by atoms with Gasteiger partial charge in [0.2, 0.25) is 5.91 Å². The highest BCUT2D eigenvalue weighted by Crippen LogP contribution is 2.22. The van der Waals surface area contributed by atoms with Gasteiger partial charge in [0, 0.05) is 19.1 Å². The van der Waals surface area contributed by atoms with Crippen LogP contribution in [0.15, 0.2) is 0 Å². The smallest absolute Gasteiger partial charge is 0.236 e. The molecule has 1 amide bonds. The number of likely N-dealkylation sites (tertiary alicyclic amines) is 1. The Hall–Kier alpha value is -0.610. The summed E-state index contributed by atoms with van der Waals surface area (Å²) in [5.41, 5.74) is 0. The van der Waals surface area contributed by atoms with Gasteiger partial charge in [-0.3, -0.25) is 9.69 Å². The van der Waals surface area contributed by atoms with Crippen LogP contribution in [0.2, 0.25) is 0 Å². The van der Waals surface area contributed by atoms with Crippen molar-refractivity contribution in [1.29, 1.82) is 0 Å². The van der Waals surface area contributed by atoms with E-state index in [1.54, 1.807) is 0 Å². The molecule has 4 heteroatoms. The Morgan fingerprint density at radius 1 is 1.10 bits per heavy atom. The van der Waals surface area contributed by atoms with E-state index in [1.807, 2.05) is 11.9 Å². The van der Waals surface area contributed by atoms with E-state index in [4.69, 9.17) is 0 Å². The highest BCUT2D eigenvalue weighted by molar-refractivity contribution is 5.78. The van der Waals surface area contributed by atoms with E-state index in [2.05, 4.69) is 4.90 Å². The van der Waals surface area contributed by atoms with Crippen molar-refractivity contribution in [2.75, 3.05) is 26.7 Å². The van der Waals surface area contributed by atoms with Gasteiger partial charge in [0.25, 0.3) is 0 Å².